The summed E-state index contributed by atoms with van der Waals surface area (Å²) in [6.45, 7) is 0.455. The number of thiophene rings is 1. The van der Waals surface area contributed by atoms with E-state index in [0.29, 0.717) is 11.4 Å². The molecule has 1 aromatic carbocycles. The Morgan fingerprint density at radius 2 is 1.96 bits per heavy atom. The maximum atomic E-state index is 11.9. The zero-order valence-electron chi connectivity index (χ0n) is 13.0. The van der Waals surface area contributed by atoms with Gasteiger partial charge in [-0.25, -0.2) is 4.98 Å². The minimum atomic E-state index is -0.112. The van der Waals surface area contributed by atoms with Crippen LogP contribution < -0.4 is 5.32 Å². The molecule has 6 heteroatoms. The third kappa shape index (κ3) is 4.17. The van der Waals surface area contributed by atoms with E-state index in [4.69, 9.17) is 0 Å². The molecular formula is C18H17N3O2S. The van der Waals surface area contributed by atoms with Gasteiger partial charge < -0.3 is 9.88 Å². The zero-order chi connectivity index (χ0) is 16.8. The van der Waals surface area contributed by atoms with Crippen molar-refractivity contribution in [2.75, 3.05) is 0 Å². The molecule has 0 radical (unpaired) electrons. The molecule has 0 saturated carbocycles. The lowest BCUT2D eigenvalue weighted by atomic mass is 10.1. The number of hydrogen-bond donors (Lipinski definition) is 1. The van der Waals surface area contributed by atoms with E-state index in [1.807, 2.05) is 46.5 Å². The largest absolute Gasteiger partial charge is 0.352 e. The Morgan fingerprint density at radius 1 is 1.12 bits per heavy atom. The molecule has 1 N–H and O–H groups in total. The quantitative estimate of drug-likeness (QED) is 0.672. The van der Waals surface area contributed by atoms with Crippen LogP contribution in [0.3, 0.4) is 0 Å². The number of rotatable bonds is 7. The standard InChI is InChI=1S/C18H17N3O2S/c22-16(17-2-1-11-24-17)7-8-18(23)20-12-14-3-5-15(6-4-14)21-10-9-19-13-21/h1-6,9-11,13H,7-8,12H2,(H,20,23). The van der Waals surface area contributed by atoms with E-state index in [-0.39, 0.29) is 24.5 Å². The Kier molecular flexibility index (Phi) is 5.18. The van der Waals surface area contributed by atoms with Crippen LogP contribution in [0.15, 0.2) is 60.5 Å². The number of carbonyl (C=O) groups excluding carboxylic acids is 2. The summed E-state index contributed by atoms with van der Waals surface area (Å²) in [7, 11) is 0. The number of nitrogens with zero attached hydrogens (tertiary/aromatic N) is 2. The second-order valence-corrected chi connectivity index (χ2v) is 6.26. The highest BCUT2D eigenvalue weighted by Crippen LogP contribution is 2.12. The summed E-state index contributed by atoms with van der Waals surface area (Å²) in [6.07, 6.45) is 5.80. The van der Waals surface area contributed by atoms with Crippen LogP contribution in [-0.2, 0) is 11.3 Å². The van der Waals surface area contributed by atoms with Gasteiger partial charge in [-0.1, -0.05) is 18.2 Å². The fraction of sp³-hybridized carbons (Fsp3) is 0.167. The van der Waals surface area contributed by atoms with Crippen LogP contribution in [-0.4, -0.2) is 21.2 Å². The van der Waals surface area contributed by atoms with Crippen LogP contribution in [0.5, 0.6) is 0 Å². The number of amides is 1. The van der Waals surface area contributed by atoms with E-state index in [1.54, 1.807) is 18.6 Å². The molecule has 2 heterocycles. The van der Waals surface area contributed by atoms with Gasteiger partial charge in [-0.2, -0.15) is 0 Å². The molecular weight excluding hydrogens is 322 g/mol. The van der Waals surface area contributed by atoms with E-state index in [1.165, 1.54) is 11.3 Å². The number of hydrogen-bond acceptors (Lipinski definition) is 4. The first-order chi connectivity index (χ1) is 11.7. The number of ketones is 1. The minimum absolute atomic E-state index is 0.0184. The molecule has 0 unspecified atom stereocenters. The van der Waals surface area contributed by atoms with Gasteiger partial charge >= 0.3 is 0 Å². The van der Waals surface area contributed by atoms with Gasteiger partial charge in [0.25, 0.3) is 0 Å². The molecule has 5 nitrogen and oxygen atoms in total. The van der Waals surface area contributed by atoms with Gasteiger partial charge in [0.2, 0.25) is 5.91 Å². The predicted octanol–water partition coefficient (Wildman–Crippen LogP) is 3.21. The molecule has 0 spiro atoms. The lowest BCUT2D eigenvalue weighted by Crippen LogP contribution is -2.23. The Hall–Kier alpha value is -2.73. The second-order valence-electron chi connectivity index (χ2n) is 5.31. The van der Waals surface area contributed by atoms with Crippen molar-refractivity contribution in [1.29, 1.82) is 0 Å². The van der Waals surface area contributed by atoms with Gasteiger partial charge in [-0.15, -0.1) is 11.3 Å². The van der Waals surface area contributed by atoms with Crippen molar-refractivity contribution < 1.29 is 9.59 Å². The number of Topliss-reactive ketones (excluding diaryl/α,β-unsaturated/α-hetero) is 1. The maximum absolute atomic E-state index is 11.9. The molecule has 0 saturated heterocycles. The van der Waals surface area contributed by atoms with Gasteiger partial charge in [0, 0.05) is 37.5 Å². The summed E-state index contributed by atoms with van der Waals surface area (Å²) < 4.78 is 1.92. The first-order valence-electron chi connectivity index (χ1n) is 7.63. The van der Waals surface area contributed by atoms with Crippen LogP contribution in [0.4, 0.5) is 0 Å². The number of nitrogens with one attached hydrogen (secondary N) is 1. The molecule has 0 aliphatic heterocycles. The van der Waals surface area contributed by atoms with Crippen molar-refractivity contribution in [3.8, 4) is 5.69 Å². The third-order valence-electron chi connectivity index (χ3n) is 3.60. The van der Waals surface area contributed by atoms with E-state index in [0.717, 1.165) is 11.3 Å². The average molecular weight is 339 g/mol. The molecule has 3 rings (SSSR count). The summed E-state index contributed by atoms with van der Waals surface area (Å²) in [6, 6.07) is 11.5. The SMILES string of the molecule is O=C(CCC(=O)c1cccs1)NCc1ccc(-n2ccnc2)cc1. The van der Waals surface area contributed by atoms with Crippen molar-refractivity contribution in [3.05, 3.63) is 70.9 Å². The Morgan fingerprint density at radius 3 is 2.62 bits per heavy atom. The van der Waals surface area contributed by atoms with E-state index >= 15 is 0 Å². The average Bonchev–Trinajstić information content (AvgIpc) is 3.31. The smallest absolute Gasteiger partial charge is 0.220 e. The third-order valence-corrected chi connectivity index (χ3v) is 4.51. The number of carbonyl (C=O) groups is 2. The molecule has 2 aromatic heterocycles. The van der Waals surface area contributed by atoms with Crippen LogP contribution in [0, 0.1) is 0 Å². The van der Waals surface area contributed by atoms with Crippen molar-refractivity contribution in [2.45, 2.75) is 19.4 Å². The molecule has 0 bridgehead atoms. The van der Waals surface area contributed by atoms with Gasteiger partial charge in [0.15, 0.2) is 5.78 Å². The highest BCUT2D eigenvalue weighted by Gasteiger charge is 2.09. The molecule has 0 aliphatic rings. The van der Waals surface area contributed by atoms with Gasteiger partial charge in [0.05, 0.1) is 11.2 Å². The highest BCUT2D eigenvalue weighted by molar-refractivity contribution is 7.12. The molecule has 0 atom stereocenters. The fourth-order valence-corrected chi connectivity index (χ4v) is 2.97. The van der Waals surface area contributed by atoms with Crippen molar-refractivity contribution in [3.63, 3.8) is 0 Å². The van der Waals surface area contributed by atoms with Gasteiger partial charge in [0.1, 0.15) is 0 Å². The zero-order valence-corrected chi connectivity index (χ0v) is 13.8. The lowest BCUT2D eigenvalue weighted by Gasteiger charge is -2.07. The summed E-state index contributed by atoms with van der Waals surface area (Å²) in [5, 5.41) is 4.71. The number of benzene rings is 1. The monoisotopic (exact) mass is 339 g/mol. The fourth-order valence-electron chi connectivity index (χ4n) is 2.27. The Labute approximate surface area is 144 Å². The van der Waals surface area contributed by atoms with Crippen molar-refractivity contribution in [2.24, 2.45) is 0 Å². The van der Waals surface area contributed by atoms with Gasteiger partial charge in [-0.3, -0.25) is 9.59 Å². The second kappa shape index (κ2) is 7.70. The summed E-state index contributed by atoms with van der Waals surface area (Å²) in [4.78, 5) is 28.4. The summed E-state index contributed by atoms with van der Waals surface area (Å²) >= 11 is 1.41. The molecule has 3 aromatic rings. The molecule has 24 heavy (non-hydrogen) atoms. The van der Waals surface area contributed by atoms with E-state index in [9.17, 15) is 9.59 Å². The number of aromatic nitrogens is 2. The summed E-state index contributed by atoms with van der Waals surface area (Å²) in [5.74, 6) is -0.0940. The van der Waals surface area contributed by atoms with Crippen molar-refractivity contribution >= 4 is 23.0 Å². The summed E-state index contributed by atoms with van der Waals surface area (Å²) in [5.41, 5.74) is 2.03. The van der Waals surface area contributed by atoms with Crippen LogP contribution in [0.2, 0.25) is 0 Å². The molecule has 1 amide bonds. The first kappa shape index (κ1) is 16.1. The lowest BCUT2D eigenvalue weighted by molar-refractivity contribution is -0.121. The minimum Gasteiger partial charge on any atom is -0.352 e. The maximum Gasteiger partial charge on any atom is 0.220 e. The number of imidazole rings is 1. The van der Waals surface area contributed by atoms with Crippen LogP contribution in [0.1, 0.15) is 28.1 Å². The van der Waals surface area contributed by atoms with Crippen LogP contribution in [0.25, 0.3) is 5.69 Å². The molecule has 0 aliphatic carbocycles. The van der Waals surface area contributed by atoms with E-state index in [2.05, 4.69) is 10.3 Å². The molecule has 122 valence electrons. The van der Waals surface area contributed by atoms with Gasteiger partial charge in [-0.05, 0) is 29.1 Å². The van der Waals surface area contributed by atoms with Crippen molar-refractivity contribution in [1.82, 2.24) is 14.9 Å². The first-order valence-corrected chi connectivity index (χ1v) is 8.51. The van der Waals surface area contributed by atoms with E-state index < -0.39 is 0 Å². The Balaban J connectivity index is 1.45. The molecule has 0 fully saturated rings. The normalized spacial score (nSPS) is 10.5. The highest BCUT2D eigenvalue weighted by atomic mass is 32.1. The topological polar surface area (TPSA) is 64.0 Å². The predicted molar refractivity (Wildman–Crippen MR) is 93.3 cm³/mol. The Bertz CT molecular complexity index is 793. The van der Waals surface area contributed by atoms with Crippen LogP contribution >= 0.6 is 11.3 Å².